The minimum Gasteiger partial charge on any atom is -0.481 e. The molecule has 0 unspecified atom stereocenters. The third-order valence-corrected chi connectivity index (χ3v) is 2.81. The van der Waals surface area contributed by atoms with Gasteiger partial charge in [-0.05, 0) is 12.5 Å². The number of benzene rings is 1. The number of aromatic nitrogens is 2. The molecular formula is C14H18N4O. The maximum Gasteiger partial charge on any atom is 0.225 e. The zero-order valence-electron chi connectivity index (χ0n) is 11.4. The van der Waals surface area contributed by atoms with Crippen LogP contribution in [-0.2, 0) is 6.54 Å². The number of rotatable bonds is 4. The Bertz CT molecular complexity index is 571. The Balaban J connectivity index is 2.20. The SMILES string of the molecule is COc1cc(N(C)Cc2cccc(C)c2)nc(N)n1. The molecule has 0 saturated carbocycles. The van der Waals surface area contributed by atoms with Gasteiger partial charge < -0.3 is 15.4 Å². The lowest BCUT2D eigenvalue weighted by molar-refractivity contribution is 0.397. The molecule has 0 radical (unpaired) electrons. The summed E-state index contributed by atoms with van der Waals surface area (Å²) in [5, 5.41) is 0. The van der Waals surface area contributed by atoms with Crippen LogP contribution < -0.4 is 15.4 Å². The molecule has 0 amide bonds. The van der Waals surface area contributed by atoms with E-state index in [2.05, 4.69) is 35.1 Å². The van der Waals surface area contributed by atoms with Gasteiger partial charge in [-0.25, -0.2) is 0 Å². The monoisotopic (exact) mass is 258 g/mol. The van der Waals surface area contributed by atoms with Gasteiger partial charge in [-0.15, -0.1) is 0 Å². The van der Waals surface area contributed by atoms with Crippen molar-refractivity contribution >= 4 is 11.8 Å². The molecule has 5 heteroatoms. The van der Waals surface area contributed by atoms with Gasteiger partial charge in [0.1, 0.15) is 5.82 Å². The van der Waals surface area contributed by atoms with Crippen molar-refractivity contribution in [3.8, 4) is 5.88 Å². The Morgan fingerprint density at radius 1 is 1.26 bits per heavy atom. The summed E-state index contributed by atoms with van der Waals surface area (Å²) in [6, 6.07) is 10.1. The summed E-state index contributed by atoms with van der Waals surface area (Å²) in [7, 11) is 3.52. The van der Waals surface area contributed by atoms with Crippen LogP contribution in [0.2, 0.25) is 0 Å². The zero-order chi connectivity index (χ0) is 13.8. The van der Waals surface area contributed by atoms with E-state index in [1.807, 2.05) is 18.0 Å². The highest BCUT2D eigenvalue weighted by atomic mass is 16.5. The topological polar surface area (TPSA) is 64.3 Å². The van der Waals surface area contributed by atoms with Crippen LogP contribution in [0.25, 0.3) is 0 Å². The Labute approximate surface area is 113 Å². The van der Waals surface area contributed by atoms with Crippen molar-refractivity contribution in [2.45, 2.75) is 13.5 Å². The summed E-state index contributed by atoms with van der Waals surface area (Å²) in [6.07, 6.45) is 0. The number of hydrogen-bond acceptors (Lipinski definition) is 5. The standard InChI is InChI=1S/C14H18N4O/c1-10-5-4-6-11(7-10)9-18(2)12-8-13(19-3)17-14(15)16-12/h4-8H,9H2,1-3H3,(H2,15,16,17). The van der Waals surface area contributed by atoms with E-state index in [1.54, 1.807) is 13.2 Å². The Hall–Kier alpha value is -2.30. The minimum absolute atomic E-state index is 0.213. The molecule has 2 N–H and O–H groups in total. The summed E-state index contributed by atoms with van der Waals surface area (Å²) in [6.45, 7) is 2.83. The van der Waals surface area contributed by atoms with Crippen molar-refractivity contribution in [3.63, 3.8) is 0 Å². The Morgan fingerprint density at radius 3 is 2.74 bits per heavy atom. The third-order valence-electron chi connectivity index (χ3n) is 2.81. The predicted molar refractivity (Wildman–Crippen MR) is 76.3 cm³/mol. The van der Waals surface area contributed by atoms with Gasteiger partial charge in [0.05, 0.1) is 7.11 Å². The van der Waals surface area contributed by atoms with Crippen LogP contribution in [0.5, 0.6) is 5.88 Å². The highest BCUT2D eigenvalue weighted by Crippen LogP contribution is 2.19. The highest BCUT2D eigenvalue weighted by Gasteiger charge is 2.08. The first-order chi connectivity index (χ1) is 9.08. The smallest absolute Gasteiger partial charge is 0.225 e. The molecule has 0 saturated heterocycles. The average Bonchev–Trinajstić information content (AvgIpc) is 2.38. The molecule has 2 aromatic rings. The van der Waals surface area contributed by atoms with Gasteiger partial charge in [0, 0.05) is 19.7 Å². The van der Waals surface area contributed by atoms with Gasteiger partial charge in [0.25, 0.3) is 0 Å². The number of nitrogen functional groups attached to an aromatic ring is 1. The van der Waals surface area contributed by atoms with Gasteiger partial charge in [0.15, 0.2) is 0 Å². The largest absolute Gasteiger partial charge is 0.481 e. The first-order valence-corrected chi connectivity index (χ1v) is 6.03. The van der Waals surface area contributed by atoms with E-state index in [0.717, 1.165) is 12.4 Å². The average molecular weight is 258 g/mol. The van der Waals surface area contributed by atoms with E-state index in [1.165, 1.54) is 11.1 Å². The van der Waals surface area contributed by atoms with Gasteiger partial charge >= 0.3 is 0 Å². The zero-order valence-corrected chi connectivity index (χ0v) is 11.4. The molecule has 0 fully saturated rings. The van der Waals surface area contributed by atoms with E-state index < -0.39 is 0 Å². The Morgan fingerprint density at radius 2 is 2.05 bits per heavy atom. The Kier molecular flexibility index (Phi) is 3.85. The van der Waals surface area contributed by atoms with Crippen LogP contribution >= 0.6 is 0 Å². The molecule has 1 aromatic heterocycles. The minimum atomic E-state index is 0.213. The van der Waals surface area contributed by atoms with E-state index in [-0.39, 0.29) is 5.95 Å². The second kappa shape index (κ2) is 5.56. The lowest BCUT2D eigenvalue weighted by atomic mass is 10.1. The quantitative estimate of drug-likeness (QED) is 0.908. The van der Waals surface area contributed by atoms with Gasteiger partial charge in [-0.2, -0.15) is 9.97 Å². The van der Waals surface area contributed by atoms with E-state index in [9.17, 15) is 0 Å². The number of ether oxygens (including phenoxy) is 1. The number of hydrogen-bond donors (Lipinski definition) is 1. The van der Waals surface area contributed by atoms with Crippen molar-refractivity contribution in [1.82, 2.24) is 9.97 Å². The molecule has 19 heavy (non-hydrogen) atoms. The summed E-state index contributed by atoms with van der Waals surface area (Å²) in [4.78, 5) is 10.2. The van der Waals surface area contributed by atoms with Gasteiger partial charge in [0.2, 0.25) is 11.8 Å². The van der Waals surface area contributed by atoms with Crippen molar-refractivity contribution in [3.05, 3.63) is 41.5 Å². The summed E-state index contributed by atoms with van der Waals surface area (Å²) >= 11 is 0. The van der Waals surface area contributed by atoms with Crippen molar-refractivity contribution in [2.24, 2.45) is 0 Å². The van der Waals surface area contributed by atoms with Crippen molar-refractivity contribution < 1.29 is 4.74 Å². The molecule has 0 spiro atoms. The van der Waals surface area contributed by atoms with Crippen LogP contribution in [0.3, 0.4) is 0 Å². The number of nitrogens with zero attached hydrogens (tertiary/aromatic N) is 3. The second-order valence-corrected chi connectivity index (χ2v) is 4.47. The van der Waals surface area contributed by atoms with E-state index in [0.29, 0.717) is 5.88 Å². The predicted octanol–water partition coefficient (Wildman–Crippen LogP) is 2.01. The summed E-state index contributed by atoms with van der Waals surface area (Å²) in [5.41, 5.74) is 8.12. The molecule has 1 aromatic carbocycles. The summed E-state index contributed by atoms with van der Waals surface area (Å²) < 4.78 is 5.10. The second-order valence-electron chi connectivity index (χ2n) is 4.47. The fraction of sp³-hybridized carbons (Fsp3) is 0.286. The molecule has 0 bridgehead atoms. The van der Waals surface area contributed by atoms with Crippen molar-refractivity contribution in [1.29, 1.82) is 0 Å². The molecule has 0 aliphatic heterocycles. The molecule has 0 aliphatic carbocycles. The lowest BCUT2D eigenvalue weighted by Gasteiger charge is -2.19. The van der Waals surface area contributed by atoms with Crippen LogP contribution in [0.4, 0.5) is 11.8 Å². The number of aryl methyl sites for hydroxylation is 1. The van der Waals surface area contributed by atoms with Crippen LogP contribution in [0.1, 0.15) is 11.1 Å². The first kappa shape index (κ1) is 13.1. The van der Waals surface area contributed by atoms with Gasteiger partial charge in [-0.1, -0.05) is 29.8 Å². The molecular weight excluding hydrogens is 240 g/mol. The van der Waals surface area contributed by atoms with Crippen LogP contribution in [-0.4, -0.2) is 24.1 Å². The molecule has 100 valence electrons. The molecule has 5 nitrogen and oxygen atoms in total. The first-order valence-electron chi connectivity index (χ1n) is 6.03. The van der Waals surface area contributed by atoms with Gasteiger partial charge in [-0.3, -0.25) is 0 Å². The molecule has 0 aliphatic rings. The third kappa shape index (κ3) is 3.34. The highest BCUT2D eigenvalue weighted by molar-refractivity contribution is 5.45. The number of nitrogens with two attached hydrogens (primary N) is 1. The van der Waals surface area contributed by atoms with Crippen LogP contribution in [0, 0.1) is 6.92 Å². The fourth-order valence-electron chi connectivity index (χ4n) is 1.90. The molecule has 1 heterocycles. The maximum atomic E-state index is 5.66. The summed E-state index contributed by atoms with van der Waals surface area (Å²) in [5.74, 6) is 1.43. The number of anilines is 2. The lowest BCUT2D eigenvalue weighted by Crippen LogP contribution is -2.18. The van der Waals surface area contributed by atoms with E-state index in [4.69, 9.17) is 10.5 Å². The molecule has 2 rings (SSSR count). The maximum absolute atomic E-state index is 5.66. The van der Waals surface area contributed by atoms with E-state index >= 15 is 0 Å². The normalized spacial score (nSPS) is 10.3. The van der Waals surface area contributed by atoms with Crippen molar-refractivity contribution in [2.75, 3.05) is 24.8 Å². The fourth-order valence-corrected chi connectivity index (χ4v) is 1.90. The number of methoxy groups -OCH3 is 1. The molecule has 0 atom stereocenters. The van der Waals surface area contributed by atoms with Crippen LogP contribution in [0.15, 0.2) is 30.3 Å².